The van der Waals surface area contributed by atoms with E-state index in [9.17, 15) is 9.90 Å². The first-order valence-corrected chi connectivity index (χ1v) is 7.73. The lowest BCUT2D eigenvalue weighted by atomic mass is 10.1. The summed E-state index contributed by atoms with van der Waals surface area (Å²) >= 11 is 1.80. The Hall–Kier alpha value is -2.20. The van der Waals surface area contributed by atoms with Crippen molar-refractivity contribution in [1.29, 1.82) is 0 Å². The maximum atomic E-state index is 11.2. The third-order valence-electron chi connectivity index (χ3n) is 3.39. The lowest BCUT2D eigenvalue weighted by Gasteiger charge is -2.06. The van der Waals surface area contributed by atoms with Crippen molar-refractivity contribution < 1.29 is 9.90 Å². The van der Waals surface area contributed by atoms with Crippen molar-refractivity contribution in [2.24, 2.45) is 0 Å². The van der Waals surface area contributed by atoms with Crippen LogP contribution in [0.2, 0.25) is 0 Å². The van der Waals surface area contributed by atoms with Crippen LogP contribution in [0.5, 0.6) is 0 Å². The molecule has 0 aliphatic heterocycles. The van der Waals surface area contributed by atoms with Crippen molar-refractivity contribution in [1.82, 2.24) is 4.57 Å². The molecule has 21 heavy (non-hydrogen) atoms. The van der Waals surface area contributed by atoms with E-state index in [1.807, 2.05) is 36.5 Å². The maximum absolute atomic E-state index is 11.2. The Kier molecular flexibility index (Phi) is 3.97. The Morgan fingerprint density at radius 3 is 2.62 bits per heavy atom. The summed E-state index contributed by atoms with van der Waals surface area (Å²) in [4.78, 5) is 12.5. The van der Waals surface area contributed by atoms with Gasteiger partial charge in [-0.15, -0.1) is 11.8 Å². The summed E-state index contributed by atoms with van der Waals surface area (Å²) in [5.41, 5.74) is 1.34. The molecule has 0 atom stereocenters. The monoisotopic (exact) mass is 297 g/mol. The highest BCUT2D eigenvalue weighted by Gasteiger charge is 2.10. The average molecular weight is 297 g/mol. The Morgan fingerprint density at radius 1 is 1.05 bits per heavy atom. The number of nitrogens with zero attached hydrogens (tertiary/aromatic N) is 1. The third-order valence-corrected chi connectivity index (χ3v) is 4.38. The van der Waals surface area contributed by atoms with Gasteiger partial charge in [-0.25, -0.2) is 4.79 Å². The molecule has 0 aliphatic rings. The summed E-state index contributed by atoms with van der Waals surface area (Å²) < 4.78 is 2.11. The summed E-state index contributed by atoms with van der Waals surface area (Å²) in [6.07, 6.45) is 1.96. The zero-order chi connectivity index (χ0) is 14.7. The molecular formula is C17H15NO2S. The number of aromatic nitrogens is 1. The molecule has 3 rings (SSSR count). The molecule has 0 saturated carbocycles. The number of carboxylic acid groups (broad SMARTS) is 1. The minimum atomic E-state index is -0.878. The minimum Gasteiger partial charge on any atom is -0.478 e. The highest BCUT2D eigenvalue weighted by molar-refractivity contribution is 7.99. The number of benzene rings is 2. The maximum Gasteiger partial charge on any atom is 0.336 e. The Balaban J connectivity index is 1.76. The molecule has 0 unspecified atom stereocenters. The van der Waals surface area contributed by atoms with Crippen LogP contribution in [0.25, 0.3) is 10.9 Å². The van der Waals surface area contributed by atoms with Crippen LogP contribution in [0.3, 0.4) is 0 Å². The molecular weight excluding hydrogens is 282 g/mol. The van der Waals surface area contributed by atoms with Gasteiger partial charge >= 0.3 is 5.97 Å². The van der Waals surface area contributed by atoms with Crippen LogP contribution in [-0.4, -0.2) is 21.4 Å². The van der Waals surface area contributed by atoms with Crippen molar-refractivity contribution >= 4 is 28.6 Å². The number of fused-ring (bicyclic) bond motifs is 1. The standard InChI is InChI=1S/C17H15NO2S/c19-17(20)15-7-4-8-16-14(15)9-10-18(16)11-12-21-13-5-2-1-3-6-13/h1-10H,11-12H2,(H,19,20). The summed E-state index contributed by atoms with van der Waals surface area (Å²) in [6, 6.07) is 17.6. The first-order valence-electron chi connectivity index (χ1n) is 6.75. The van der Waals surface area contributed by atoms with Gasteiger partial charge in [-0.2, -0.15) is 0 Å². The van der Waals surface area contributed by atoms with Gasteiger partial charge in [0.05, 0.1) is 5.56 Å². The third kappa shape index (κ3) is 2.95. The van der Waals surface area contributed by atoms with Gasteiger partial charge < -0.3 is 9.67 Å². The van der Waals surface area contributed by atoms with Gasteiger partial charge in [-0.1, -0.05) is 24.3 Å². The Labute approximate surface area is 127 Å². The number of aryl methyl sites for hydroxylation is 1. The van der Waals surface area contributed by atoms with Gasteiger partial charge in [0.25, 0.3) is 0 Å². The zero-order valence-electron chi connectivity index (χ0n) is 11.4. The van der Waals surface area contributed by atoms with Crippen LogP contribution in [-0.2, 0) is 6.54 Å². The molecule has 0 saturated heterocycles. The van der Waals surface area contributed by atoms with Gasteiger partial charge in [0.2, 0.25) is 0 Å². The summed E-state index contributed by atoms with van der Waals surface area (Å²) in [5.74, 6) is 0.0717. The van der Waals surface area contributed by atoms with Gasteiger partial charge in [-0.05, 0) is 30.3 Å². The van der Waals surface area contributed by atoms with Gasteiger partial charge in [0, 0.05) is 34.3 Å². The quantitative estimate of drug-likeness (QED) is 0.720. The lowest BCUT2D eigenvalue weighted by molar-refractivity contribution is 0.0699. The highest BCUT2D eigenvalue weighted by atomic mass is 32.2. The number of carbonyl (C=O) groups is 1. The number of carboxylic acids is 1. The summed E-state index contributed by atoms with van der Waals surface area (Å²) in [5, 5.41) is 10.0. The van der Waals surface area contributed by atoms with E-state index in [1.165, 1.54) is 4.90 Å². The Morgan fingerprint density at radius 2 is 1.86 bits per heavy atom. The van der Waals surface area contributed by atoms with E-state index in [4.69, 9.17) is 0 Å². The predicted octanol–water partition coefficient (Wildman–Crippen LogP) is 4.13. The lowest BCUT2D eigenvalue weighted by Crippen LogP contribution is -2.00. The smallest absolute Gasteiger partial charge is 0.336 e. The van der Waals surface area contributed by atoms with E-state index >= 15 is 0 Å². The van der Waals surface area contributed by atoms with Crippen LogP contribution >= 0.6 is 11.8 Å². The summed E-state index contributed by atoms with van der Waals surface area (Å²) in [6.45, 7) is 0.853. The van der Waals surface area contributed by atoms with Crippen LogP contribution < -0.4 is 0 Å². The second-order valence-electron chi connectivity index (χ2n) is 4.71. The van der Waals surface area contributed by atoms with Crippen molar-refractivity contribution in [3.8, 4) is 0 Å². The average Bonchev–Trinajstić information content (AvgIpc) is 2.91. The van der Waals surface area contributed by atoms with E-state index in [1.54, 1.807) is 23.9 Å². The molecule has 1 N–H and O–H groups in total. The summed E-state index contributed by atoms with van der Waals surface area (Å²) in [7, 11) is 0. The highest BCUT2D eigenvalue weighted by Crippen LogP contribution is 2.22. The second kappa shape index (κ2) is 6.06. The molecule has 0 fully saturated rings. The van der Waals surface area contributed by atoms with Gasteiger partial charge in [0.1, 0.15) is 0 Å². The van der Waals surface area contributed by atoms with Crippen LogP contribution in [0.1, 0.15) is 10.4 Å². The number of hydrogen-bond acceptors (Lipinski definition) is 2. The molecule has 0 radical (unpaired) electrons. The molecule has 3 aromatic rings. The molecule has 0 aliphatic carbocycles. The largest absolute Gasteiger partial charge is 0.478 e. The fourth-order valence-corrected chi connectivity index (χ4v) is 3.26. The zero-order valence-corrected chi connectivity index (χ0v) is 12.2. The molecule has 4 heteroatoms. The second-order valence-corrected chi connectivity index (χ2v) is 5.88. The molecule has 0 spiro atoms. The minimum absolute atomic E-state index is 0.363. The molecule has 0 amide bonds. The number of thioether (sulfide) groups is 1. The van der Waals surface area contributed by atoms with E-state index < -0.39 is 5.97 Å². The van der Waals surface area contributed by atoms with Crippen molar-refractivity contribution in [3.05, 3.63) is 66.4 Å². The van der Waals surface area contributed by atoms with E-state index in [0.29, 0.717) is 5.56 Å². The van der Waals surface area contributed by atoms with Gasteiger partial charge in [0.15, 0.2) is 0 Å². The Bertz CT molecular complexity index is 765. The fraction of sp³-hybridized carbons (Fsp3) is 0.118. The topological polar surface area (TPSA) is 42.2 Å². The van der Waals surface area contributed by atoms with Crippen LogP contribution in [0, 0.1) is 0 Å². The van der Waals surface area contributed by atoms with Crippen LogP contribution in [0.4, 0.5) is 0 Å². The predicted molar refractivity (Wildman–Crippen MR) is 86.1 cm³/mol. The van der Waals surface area contributed by atoms with Crippen molar-refractivity contribution in [2.45, 2.75) is 11.4 Å². The number of rotatable bonds is 5. The first-order chi connectivity index (χ1) is 10.3. The molecule has 106 valence electrons. The normalized spacial score (nSPS) is 10.9. The van der Waals surface area contributed by atoms with Gasteiger partial charge in [-0.3, -0.25) is 0 Å². The molecule has 1 heterocycles. The van der Waals surface area contributed by atoms with Crippen molar-refractivity contribution in [2.75, 3.05) is 5.75 Å². The molecule has 2 aromatic carbocycles. The van der Waals surface area contributed by atoms with E-state index in [-0.39, 0.29) is 0 Å². The van der Waals surface area contributed by atoms with Crippen molar-refractivity contribution in [3.63, 3.8) is 0 Å². The molecule has 0 bridgehead atoms. The number of aromatic carboxylic acids is 1. The van der Waals surface area contributed by atoms with E-state index in [2.05, 4.69) is 16.7 Å². The van der Waals surface area contributed by atoms with Crippen LogP contribution in [0.15, 0.2) is 65.7 Å². The SMILES string of the molecule is O=C(O)c1cccc2c1ccn2CCSc1ccccc1. The first kappa shape index (κ1) is 13.8. The molecule has 3 nitrogen and oxygen atoms in total. The number of hydrogen-bond donors (Lipinski definition) is 1. The van der Waals surface area contributed by atoms with E-state index in [0.717, 1.165) is 23.2 Å². The molecule has 1 aromatic heterocycles. The fourth-order valence-electron chi connectivity index (χ4n) is 2.38.